The van der Waals surface area contributed by atoms with Gasteiger partial charge in [-0.05, 0) is 18.4 Å². The van der Waals surface area contributed by atoms with Crippen molar-refractivity contribution in [3.05, 3.63) is 66.1 Å². The number of fused-ring (bicyclic) bond motifs is 1. The van der Waals surface area contributed by atoms with E-state index >= 15 is 0 Å². The molecule has 1 atom stereocenters. The smallest absolute Gasteiger partial charge is 0.254 e. The van der Waals surface area contributed by atoms with Gasteiger partial charge >= 0.3 is 0 Å². The molecule has 4 aromatic rings. The highest BCUT2D eigenvalue weighted by Crippen LogP contribution is 2.28. The van der Waals surface area contributed by atoms with E-state index in [0.29, 0.717) is 48.0 Å². The molecule has 3 aromatic heterocycles. The monoisotopic (exact) mass is 627 g/mol. The van der Waals surface area contributed by atoms with Crippen molar-refractivity contribution in [3.8, 4) is 11.3 Å². The van der Waals surface area contributed by atoms with Gasteiger partial charge in [0.05, 0.1) is 29.5 Å². The molecule has 0 aliphatic carbocycles. The van der Waals surface area contributed by atoms with Crippen LogP contribution in [-0.2, 0) is 0 Å². The van der Waals surface area contributed by atoms with Crippen LogP contribution in [-0.4, -0.2) is 88.5 Å². The number of nitrogens with zero attached hydrogens (tertiary/aromatic N) is 7. The second kappa shape index (κ2) is 14.6. The van der Waals surface area contributed by atoms with Crippen LogP contribution in [0.2, 0.25) is 0 Å². The number of nitrogens with one attached hydrogen (secondary N) is 2. The number of carbonyl (C=O) groups excluding carboxylic acids is 1. The predicted molar refractivity (Wildman–Crippen MR) is 169 cm³/mol. The standard InChI is InChI=1S/C30H34F3N9O.H2S/c1-18(21-5-4-6-22-27(29(43)34-2)23(31)15-36-28(21)22)12-35-26-11-24(39-17-40-26)19-13-37-30(38-14-19)41(3)20-7-9-42(10-8-20)16-25(32)33;/h4-6,11,13-15,17-18,20,25H,7-10,12,16H2,1-3H3,(H,34,43)(H,35,39,40);1H2/t18-;/m1./s1. The largest absolute Gasteiger partial charge is 0.369 e. The average Bonchev–Trinajstić information content (AvgIpc) is 3.03. The van der Waals surface area contributed by atoms with Crippen LogP contribution in [0.3, 0.4) is 0 Å². The quantitative estimate of drug-likeness (QED) is 0.263. The van der Waals surface area contributed by atoms with Crippen molar-refractivity contribution >= 4 is 42.1 Å². The van der Waals surface area contributed by atoms with E-state index in [0.717, 1.165) is 30.2 Å². The third kappa shape index (κ3) is 7.36. The van der Waals surface area contributed by atoms with Crippen molar-refractivity contribution in [2.45, 2.75) is 38.2 Å². The summed E-state index contributed by atoms with van der Waals surface area (Å²) in [5.74, 6) is -0.0323. The van der Waals surface area contributed by atoms with Crippen LogP contribution in [0.4, 0.5) is 24.9 Å². The van der Waals surface area contributed by atoms with Crippen LogP contribution in [0.25, 0.3) is 22.2 Å². The molecule has 2 N–H and O–H groups in total. The Bertz CT molecular complexity index is 1570. The molecule has 1 aliphatic heterocycles. The van der Waals surface area contributed by atoms with Gasteiger partial charge in [-0.15, -0.1) is 0 Å². The lowest BCUT2D eigenvalue weighted by Gasteiger charge is -2.36. The first kappa shape index (κ1) is 32.9. The van der Waals surface area contributed by atoms with E-state index in [1.165, 1.54) is 13.4 Å². The number of carbonyl (C=O) groups is 1. The number of piperidine rings is 1. The molecule has 1 aromatic carbocycles. The first-order valence-electron chi connectivity index (χ1n) is 14.2. The van der Waals surface area contributed by atoms with Gasteiger partial charge in [-0.2, -0.15) is 13.5 Å². The second-order valence-corrected chi connectivity index (χ2v) is 10.7. The summed E-state index contributed by atoms with van der Waals surface area (Å²) >= 11 is 0. The van der Waals surface area contributed by atoms with E-state index in [2.05, 4.69) is 35.6 Å². The number of benzene rings is 1. The number of amides is 1. The number of anilines is 2. The minimum Gasteiger partial charge on any atom is -0.369 e. The Hall–Kier alpha value is -4.04. The Morgan fingerprint density at radius 3 is 2.50 bits per heavy atom. The van der Waals surface area contributed by atoms with Gasteiger partial charge in [-0.3, -0.25) is 14.7 Å². The van der Waals surface area contributed by atoms with Crippen LogP contribution in [0.1, 0.15) is 41.6 Å². The lowest BCUT2D eigenvalue weighted by molar-refractivity contribution is 0.0754. The number of para-hydroxylation sites is 1. The summed E-state index contributed by atoms with van der Waals surface area (Å²) in [5.41, 5.74) is 2.80. The van der Waals surface area contributed by atoms with Crippen molar-refractivity contribution in [1.82, 2.24) is 35.1 Å². The SMILES string of the molecule is CNC(=O)c1c(F)cnc2c([C@H](C)CNc3cc(-c4cnc(N(C)C5CCN(CC(F)F)CC5)nc4)ncn3)cccc12.S. The average molecular weight is 628 g/mol. The minimum absolute atomic E-state index is 0. The van der Waals surface area contributed by atoms with E-state index in [1.54, 1.807) is 29.4 Å². The number of rotatable bonds is 10. The summed E-state index contributed by atoms with van der Waals surface area (Å²) in [6.45, 7) is 3.58. The van der Waals surface area contributed by atoms with Crippen molar-refractivity contribution in [1.29, 1.82) is 0 Å². The fraction of sp³-hybridized carbons (Fsp3) is 0.400. The summed E-state index contributed by atoms with van der Waals surface area (Å²) < 4.78 is 39.8. The Morgan fingerprint density at radius 1 is 1.09 bits per heavy atom. The van der Waals surface area contributed by atoms with Gasteiger partial charge < -0.3 is 15.5 Å². The molecule has 44 heavy (non-hydrogen) atoms. The summed E-state index contributed by atoms with van der Waals surface area (Å²) in [5, 5.41) is 6.28. The molecule has 10 nitrogen and oxygen atoms in total. The maximum Gasteiger partial charge on any atom is 0.254 e. The Balaban J connectivity index is 0.00000442. The maximum absolute atomic E-state index is 14.4. The molecule has 0 spiro atoms. The van der Waals surface area contributed by atoms with E-state index in [9.17, 15) is 18.0 Å². The Morgan fingerprint density at radius 2 is 1.82 bits per heavy atom. The summed E-state index contributed by atoms with van der Waals surface area (Å²) in [6.07, 6.45) is 5.20. The van der Waals surface area contributed by atoms with Crippen molar-refractivity contribution in [2.75, 3.05) is 50.5 Å². The lowest BCUT2D eigenvalue weighted by atomic mass is 9.96. The fourth-order valence-electron chi connectivity index (χ4n) is 5.44. The highest BCUT2D eigenvalue weighted by Gasteiger charge is 2.25. The molecule has 0 saturated carbocycles. The Kier molecular flexibility index (Phi) is 10.9. The first-order chi connectivity index (χ1) is 20.7. The molecule has 0 unspecified atom stereocenters. The van der Waals surface area contributed by atoms with Crippen LogP contribution in [0.5, 0.6) is 0 Å². The molecule has 1 fully saturated rings. The molecule has 0 radical (unpaired) electrons. The third-order valence-electron chi connectivity index (χ3n) is 7.87. The molecule has 5 rings (SSSR count). The minimum atomic E-state index is -2.32. The highest BCUT2D eigenvalue weighted by molar-refractivity contribution is 7.59. The number of likely N-dealkylation sites (tertiary alicyclic amines) is 1. The molecule has 234 valence electrons. The van der Waals surface area contributed by atoms with E-state index in [1.807, 2.05) is 31.0 Å². The summed E-state index contributed by atoms with van der Waals surface area (Å²) in [4.78, 5) is 38.2. The van der Waals surface area contributed by atoms with E-state index < -0.39 is 18.1 Å². The van der Waals surface area contributed by atoms with Gasteiger partial charge in [-0.1, -0.05) is 25.1 Å². The topological polar surface area (TPSA) is 112 Å². The molecule has 4 heterocycles. The van der Waals surface area contributed by atoms with E-state index in [4.69, 9.17) is 0 Å². The molecule has 14 heteroatoms. The molecular formula is C30H36F3N9OS. The van der Waals surface area contributed by atoms with Crippen LogP contribution in [0.15, 0.2) is 49.2 Å². The number of pyridine rings is 1. The van der Waals surface area contributed by atoms with Crippen molar-refractivity contribution in [3.63, 3.8) is 0 Å². The van der Waals surface area contributed by atoms with Gasteiger partial charge in [0.15, 0.2) is 5.82 Å². The van der Waals surface area contributed by atoms with Crippen LogP contribution < -0.4 is 15.5 Å². The second-order valence-electron chi connectivity index (χ2n) is 10.7. The van der Waals surface area contributed by atoms with Gasteiger partial charge in [0, 0.05) is 75.1 Å². The van der Waals surface area contributed by atoms with Gasteiger partial charge in [-0.25, -0.2) is 33.1 Å². The normalized spacial score (nSPS) is 14.7. The number of halogens is 3. The summed E-state index contributed by atoms with van der Waals surface area (Å²) in [6, 6.07) is 7.40. The van der Waals surface area contributed by atoms with Crippen molar-refractivity contribution in [2.24, 2.45) is 0 Å². The van der Waals surface area contributed by atoms with E-state index in [-0.39, 0.29) is 37.6 Å². The van der Waals surface area contributed by atoms with Crippen LogP contribution in [0, 0.1) is 5.82 Å². The van der Waals surface area contributed by atoms with Gasteiger partial charge in [0.25, 0.3) is 12.3 Å². The number of hydrogen-bond donors (Lipinski definition) is 2. The number of aromatic nitrogens is 5. The van der Waals surface area contributed by atoms with Crippen LogP contribution >= 0.6 is 13.5 Å². The molecule has 1 saturated heterocycles. The van der Waals surface area contributed by atoms with Gasteiger partial charge in [0.1, 0.15) is 12.1 Å². The molecule has 1 aliphatic rings. The fourth-order valence-corrected chi connectivity index (χ4v) is 5.44. The zero-order valence-corrected chi connectivity index (χ0v) is 25.8. The molecular weight excluding hydrogens is 591 g/mol. The molecule has 0 bridgehead atoms. The highest BCUT2D eigenvalue weighted by atomic mass is 32.1. The third-order valence-corrected chi connectivity index (χ3v) is 7.87. The summed E-state index contributed by atoms with van der Waals surface area (Å²) in [7, 11) is 3.39. The maximum atomic E-state index is 14.4. The first-order valence-corrected chi connectivity index (χ1v) is 14.2. The van der Waals surface area contributed by atoms with Crippen molar-refractivity contribution < 1.29 is 18.0 Å². The van der Waals surface area contributed by atoms with Gasteiger partial charge in [0.2, 0.25) is 5.95 Å². The zero-order valence-electron chi connectivity index (χ0n) is 24.8. The lowest BCUT2D eigenvalue weighted by Crippen LogP contribution is -2.45. The predicted octanol–water partition coefficient (Wildman–Crippen LogP) is 4.47. The molecule has 1 amide bonds. The Labute approximate surface area is 261 Å². The number of alkyl halides is 2. The number of hydrogen-bond acceptors (Lipinski definition) is 9. The zero-order chi connectivity index (χ0) is 30.5.